The number of hydrogen-bond donors (Lipinski definition) is 2. The lowest BCUT2D eigenvalue weighted by Crippen LogP contribution is -2.31. The van der Waals surface area contributed by atoms with Gasteiger partial charge < -0.3 is 10.5 Å². The Hall–Kier alpha value is -0.470. The summed E-state index contributed by atoms with van der Waals surface area (Å²) in [5, 5.41) is 0. The number of rotatable bonds is 7. The Morgan fingerprint density at radius 1 is 1.33 bits per heavy atom. The van der Waals surface area contributed by atoms with Crippen LogP contribution in [0.25, 0.3) is 0 Å². The molecule has 1 aliphatic carbocycles. The SMILES string of the molecule is Cc1ccc(S(=O)(=O)NCCCOC2CCC(N)CC2)s1. The van der Waals surface area contributed by atoms with Gasteiger partial charge in [0.1, 0.15) is 4.21 Å². The van der Waals surface area contributed by atoms with E-state index in [4.69, 9.17) is 10.5 Å². The Morgan fingerprint density at radius 2 is 2.05 bits per heavy atom. The standard InChI is InChI=1S/C14H24N2O3S2/c1-11-3-8-14(20-11)21(17,18)16-9-2-10-19-13-6-4-12(15)5-7-13/h3,8,12-13,16H,2,4-7,9-10,15H2,1H3. The van der Waals surface area contributed by atoms with Crippen LogP contribution >= 0.6 is 11.3 Å². The maximum absolute atomic E-state index is 12.0. The monoisotopic (exact) mass is 332 g/mol. The van der Waals surface area contributed by atoms with E-state index in [1.807, 2.05) is 13.0 Å². The van der Waals surface area contributed by atoms with Crippen LogP contribution in [0, 0.1) is 6.92 Å². The van der Waals surface area contributed by atoms with Gasteiger partial charge >= 0.3 is 0 Å². The van der Waals surface area contributed by atoms with Gasteiger partial charge in [-0.05, 0) is 51.2 Å². The maximum atomic E-state index is 12.0. The molecule has 0 amide bonds. The van der Waals surface area contributed by atoms with Crippen LogP contribution in [0.2, 0.25) is 0 Å². The summed E-state index contributed by atoms with van der Waals surface area (Å²) in [6, 6.07) is 3.78. The first-order chi connectivity index (χ1) is 9.97. The highest BCUT2D eigenvalue weighted by molar-refractivity contribution is 7.91. The number of aryl methyl sites for hydroxylation is 1. The third-order valence-electron chi connectivity index (χ3n) is 3.67. The summed E-state index contributed by atoms with van der Waals surface area (Å²) in [5.74, 6) is 0. The van der Waals surface area contributed by atoms with Gasteiger partial charge in [0.15, 0.2) is 0 Å². The van der Waals surface area contributed by atoms with Crippen molar-refractivity contribution in [2.24, 2.45) is 5.73 Å². The van der Waals surface area contributed by atoms with Crippen molar-refractivity contribution < 1.29 is 13.2 Å². The van der Waals surface area contributed by atoms with E-state index in [-0.39, 0.29) is 0 Å². The van der Waals surface area contributed by atoms with Gasteiger partial charge in [0, 0.05) is 24.1 Å². The van der Waals surface area contributed by atoms with E-state index in [2.05, 4.69) is 4.72 Å². The summed E-state index contributed by atoms with van der Waals surface area (Å²) >= 11 is 1.29. The Labute approximate surface area is 130 Å². The van der Waals surface area contributed by atoms with E-state index in [9.17, 15) is 8.42 Å². The quantitative estimate of drug-likeness (QED) is 0.748. The fraction of sp³-hybridized carbons (Fsp3) is 0.714. The fourth-order valence-corrected chi connectivity index (χ4v) is 4.81. The van der Waals surface area contributed by atoms with Crippen molar-refractivity contribution in [1.29, 1.82) is 0 Å². The van der Waals surface area contributed by atoms with Crippen molar-refractivity contribution in [1.82, 2.24) is 4.72 Å². The van der Waals surface area contributed by atoms with Crippen molar-refractivity contribution in [2.75, 3.05) is 13.2 Å². The summed E-state index contributed by atoms with van der Waals surface area (Å²) in [6.45, 7) is 2.89. The van der Waals surface area contributed by atoms with Crippen LogP contribution in [0.15, 0.2) is 16.3 Å². The second-order valence-electron chi connectivity index (χ2n) is 5.52. The number of thiophene rings is 1. The second-order valence-corrected chi connectivity index (χ2v) is 8.81. The number of nitrogens with one attached hydrogen (secondary N) is 1. The zero-order valence-corrected chi connectivity index (χ0v) is 14.0. The topological polar surface area (TPSA) is 81.4 Å². The molecule has 1 aliphatic rings. The van der Waals surface area contributed by atoms with Gasteiger partial charge in [-0.3, -0.25) is 0 Å². The average molecular weight is 332 g/mol. The molecule has 0 spiro atoms. The highest BCUT2D eigenvalue weighted by Gasteiger charge is 2.19. The van der Waals surface area contributed by atoms with Crippen LogP contribution in [-0.2, 0) is 14.8 Å². The van der Waals surface area contributed by atoms with Crippen molar-refractivity contribution in [2.45, 2.75) is 55.4 Å². The lowest BCUT2D eigenvalue weighted by molar-refractivity contribution is 0.0245. The molecular formula is C14H24N2O3S2. The van der Waals surface area contributed by atoms with Gasteiger partial charge in [-0.25, -0.2) is 13.1 Å². The van der Waals surface area contributed by atoms with Crippen molar-refractivity contribution in [3.8, 4) is 0 Å². The molecule has 0 radical (unpaired) electrons. The molecule has 1 heterocycles. The van der Waals surface area contributed by atoms with E-state index >= 15 is 0 Å². The number of ether oxygens (including phenoxy) is 1. The maximum Gasteiger partial charge on any atom is 0.250 e. The first-order valence-electron chi connectivity index (χ1n) is 7.40. The Bertz CT molecular complexity index is 534. The third kappa shape index (κ3) is 5.34. The number of sulfonamides is 1. The lowest BCUT2D eigenvalue weighted by atomic mass is 9.94. The molecule has 0 saturated heterocycles. The van der Waals surface area contributed by atoms with E-state index in [1.165, 1.54) is 11.3 Å². The van der Waals surface area contributed by atoms with Crippen molar-refractivity contribution in [3.05, 3.63) is 17.0 Å². The summed E-state index contributed by atoms with van der Waals surface area (Å²) in [7, 11) is -3.36. The Kier molecular flexibility index (Phi) is 6.19. The van der Waals surface area contributed by atoms with Gasteiger partial charge in [0.2, 0.25) is 10.0 Å². The second kappa shape index (κ2) is 7.69. The van der Waals surface area contributed by atoms with E-state index < -0.39 is 10.0 Å². The molecule has 1 saturated carbocycles. The molecule has 0 aromatic carbocycles. The Balaban J connectivity index is 1.63. The van der Waals surface area contributed by atoms with Crippen LogP contribution in [0.5, 0.6) is 0 Å². The molecule has 5 nitrogen and oxygen atoms in total. The zero-order chi connectivity index (χ0) is 15.3. The first-order valence-corrected chi connectivity index (χ1v) is 9.70. The summed E-state index contributed by atoms with van der Waals surface area (Å²) in [5.41, 5.74) is 5.85. The highest BCUT2D eigenvalue weighted by Crippen LogP contribution is 2.21. The molecule has 3 N–H and O–H groups in total. The normalized spacial score (nSPS) is 23.3. The lowest BCUT2D eigenvalue weighted by Gasteiger charge is -2.26. The molecule has 0 atom stereocenters. The van der Waals surface area contributed by atoms with E-state index in [0.717, 1.165) is 30.6 Å². The highest BCUT2D eigenvalue weighted by atomic mass is 32.2. The summed E-state index contributed by atoms with van der Waals surface area (Å²) < 4.78 is 32.7. The van der Waals surface area contributed by atoms with Crippen LogP contribution in [0.4, 0.5) is 0 Å². The van der Waals surface area contributed by atoms with Gasteiger partial charge in [0.25, 0.3) is 0 Å². The molecule has 0 aliphatic heterocycles. The molecule has 21 heavy (non-hydrogen) atoms. The molecule has 0 unspecified atom stereocenters. The molecule has 7 heteroatoms. The average Bonchev–Trinajstić information content (AvgIpc) is 2.88. The predicted molar refractivity (Wildman–Crippen MR) is 85.0 cm³/mol. The van der Waals surface area contributed by atoms with Gasteiger partial charge in [-0.2, -0.15) is 0 Å². The minimum Gasteiger partial charge on any atom is -0.378 e. The van der Waals surface area contributed by atoms with Crippen LogP contribution < -0.4 is 10.5 Å². The molecule has 2 rings (SSSR count). The third-order valence-corrected chi connectivity index (χ3v) is 6.62. The molecule has 0 bridgehead atoms. The Morgan fingerprint density at radius 3 is 2.67 bits per heavy atom. The predicted octanol–water partition coefficient (Wildman–Crippen LogP) is 2.01. The minimum absolute atomic E-state index is 0.293. The molecule has 1 fully saturated rings. The van der Waals surface area contributed by atoms with Gasteiger partial charge in [0.05, 0.1) is 6.10 Å². The number of hydrogen-bond acceptors (Lipinski definition) is 5. The van der Waals surface area contributed by atoms with Gasteiger partial charge in [-0.15, -0.1) is 11.3 Å². The summed E-state index contributed by atoms with van der Waals surface area (Å²) in [6.07, 6.45) is 5.06. The molecular weight excluding hydrogens is 308 g/mol. The van der Waals surface area contributed by atoms with Gasteiger partial charge in [-0.1, -0.05) is 0 Å². The first kappa shape index (κ1) is 16.9. The fourth-order valence-electron chi connectivity index (χ4n) is 2.41. The van der Waals surface area contributed by atoms with E-state index in [0.29, 0.717) is 35.9 Å². The number of nitrogens with two attached hydrogens (primary N) is 1. The summed E-state index contributed by atoms with van der Waals surface area (Å²) in [4.78, 5) is 0.995. The van der Waals surface area contributed by atoms with Crippen LogP contribution in [0.1, 0.15) is 37.0 Å². The molecule has 1 aromatic rings. The largest absolute Gasteiger partial charge is 0.378 e. The molecule has 120 valence electrons. The smallest absolute Gasteiger partial charge is 0.250 e. The zero-order valence-electron chi connectivity index (χ0n) is 12.4. The van der Waals surface area contributed by atoms with Crippen molar-refractivity contribution >= 4 is 21.4 Å². The molecule has 1 aromatic heterocycles. The minimum atomic E-state index is -3.36. The van der Waals surface area contributed by atoms with Crippen molar-refractivity contribution in [3.63, 3.8) is 0 Å². The van der Waals surface area contributed by atoms with Crippen LogP contribution in [-0.4, -0.2) is 33.7 Å². The van der Waals surface area contributed by atoms with E-state index in [1.54, 1.807) is 6.07 Å². The van der Waals surface area contributed by atoms with Crippen LogP contribution in [0.3, 0.4) is 0 Å².